The summed E-state index contributed by atoms with van der Waals surface area (Å²) in [7, 11) is 0. The molecule has 9 heteroatoms. The molecule has 1 atom stereocenters. The second kappa shape index (κ2) is 7.88. The number of aryl methyl sites for hydroxylation is 1. The maximum Gasteiger partial charge on any atom is 0.266 e. The summed E-state index contributed by atoms with van der Waals surface area (Å²) in [5.74, 6) is -3.99. The number of nitrogens with zero attached hydrogens (tertiary/aromatic N) is 1. The van der Waals surface area contributed by atoms with E-state index in [1.165, 1.54) is 18.2 Å². The van der Waals surface area contributed by atoms with Crippen LogP contribution in [0, 0.1) is 11.6 Å². The number of carbonyl (C=O) groups excluding carboxylic acids is 3. The first-order valence-corrected chi connectivity index (χ1v) is 9.11. The van der Waals surface area contributed by atoms with Gasteiger partial charge in [-0.1, -0.05) is 11.6 Å². The molecule has 0 aromatic heterocycles. The van der Waals surface area contributed by atoms with E-state index in [0.29, 0.717) is 5.56 Å². The van der Waals surface area contributed by atoms with E-state index >= 15 is 0 Å². The van der Waals surface area contributed by atoms with Gasteiger partial charge in [-0.05, 0) is 48.4 Å². The van der Waals surface area contributed by atoms with Gasteiger partial charge in [-0.25, -0.2) is 8.78 Å². The third-order valence-corrected chi connectivity index (χ3v) is 5.07. The Hall–Kier alpha value is -2.84. The van der Waals surface area contributed by atoms with E-state index in [-0.39, 0.29) is 36.5 Å². The summed E-state index contributed by atoms with van der Waals surface area (Å²) in [6.07, 6.45) is -0.280. The largest absolute Gasteiger partial charge is 0.373 e. The zero-order valence-electron chi connectivity index (χ0n) is 15.1. The van der Waals surface area contributed by atoms with Crippen LogP contribution in [0.2, 0.25) is 5.02 Å². The van der Waals surface area contributed by atoms with Crippen LogP contribution in [0.15, 0.2) is 36.4 Å². The van der Waals surface area contributed by atoms with Crippen molar-refractivity contribution in [1.29, 1.82) is 0 Å². The monoisotopic (exact) mass is 422 g/mol. The van der Waals surface area contributed by atoms with E-state index in [2.05, 4.69) is 0 Å². The van der Waals surface area contributed by atoms with E-state index in [1.807, 2.05) is 0 Å². The van der Waals surface area contributed by atoms with Crippen LogP contribution in [0.1, 0.15) is 28.8 Å². The molecule has 1 fully saturated rings. The molecule has 1 unspecified atom stereocenters. The van der Waals surface area contributed by atoms with E-state index in [9.17, 15) is 28.3 Å². The maximum absolute atomic E-state index is 13.7. The number of aliphatic hydroxyl groups is 1. The van der Waals surface area contributed by atoms with Crippen molar-refractivity contribution >= 4 is 34.9 Å². The highest BCUT2D eigenvalue weighted by Crippen LogP contribution is 2.31. The summed E-state index contributed by atoms with van der Waals surface area (Å²) >= 11 is 5.78. The van der Waals surface area contributed by atoms with E-state index in [1.54, 1.807) is 0 Å². The number of Topliss-reactive ketones (excluding diaryl/α,β-unsaturated/α-hetero) is 1. The van der Waals surface area contributed by atoms with Gasteiger partial charge in [0, 0.05) is 30.1 Å². The number of halogens is 3. The molecule has 0 spiro atoms. The molecule has 152 valence electrons. The summed E-state index contributed by atoms with van der Waals surface area (Å²) in [5, 5.41) is 10.9. The third-order valence-electron chi connectivity index (χ3n) is 4.85. The fourth-order valence-electron chi connectivity index (χ4n) is 3.30. The molecule has 0 aliphatic carbocycles. The third kappa shape index (κ3) is 4.13. The molecule has 3 N–H and O–H groups in total. The van der Waals surface area contributed by atoms with E-state index < -0.39 is 40.4 Å². The molecule has 1 aliphatic rings. The van der Waals surface area contributed by atoms with E-state index in [4.69, 9.17) is 17.3 Å². The Morgan fingerprint density at radius 2 is 1.93 bits per heavy atom. The second-order valence-corrected chi connectivity index (χ2v) is 7.23. The van der Waals surface area contributed by atoms with Crippen LogP contribution in [0.25, 0.3) is 0 Å². The Morgan fingerprint density at radius 3 is 2.59 bits per heavy atom. The van der Waals surface area contributed by atoms with Crippen LogP contribution in [-0.4, -0.2) is 34.8 Å². The maximum atomic E-state index is 13.7. The highest BCUT2D eigenvalue weighted by atomic mass is 35.5. The first-order chi connectivity index (χ1) is 13.6. The van der Waals surface area contributed by atoms with Crippen molar-refractivity contribution in [3.8, 4) is 0 Å². The predicted molar refractivity (Wildman–Crippen MR) is 102 cm³/mol. The van der Waals surface area contributed by atoms with Crippen molar-refractivity contribution in [1.82, 2.24) is 0 Å². The number of hydrogen-bond donors (Lipinski definition) is 2. The first-order valence-electron chi connectivity index (χ1n) is 8.74. The van der Waals surface area contributed by atoms with Crippen LogP contribution in [0.5, 0.6) is 0 Å². The lowest BCUT2D eigenvalue weighted by molar-refractivity contribution is -0.147. The topological polar surface area (TPSA) is 101 Å². The van der Waals surface area contributed by atoms with Gasteiger partial charge in [-0.15, -0.1) is 0 Å². The van der Waals surface area contributed by atoms with Crippen molar-refractivity contribution in [3.05, 3.63) is 64.2 Å². The van der Waals surface area contributed by atoms with Crippen LogP contribution >= 0.6 is 11.6 Å². The van der Waals surface area contributed by atoms with Gasteiger partial charge in [0.05, 0.1) is 5.56 Å². The van der Waals surface area contributed by atoms with Crippen LogP contribution in [-0.2, 0) is 16.0 Å². The number of amides is 2. The molecule has 2 aromatic carbocycles. The number of rotatable bonds is 6. The van der Waals surface area contributed by atoms with Crippen molar-refractivity contribution in [3.63, 3.8) is 0 Å². The minimum atomic E-state index is -2.25. The van der Waals surface area contributed by atoms with Crippen molar-refractivity contribution in [2.75, 3.05) is 11.4 Å². The summed E-state index contributed by atoms with van der Waals surface area (Å²) in [4.78, 5) is 37.7. The van der Waals surface area contributed by atoms with Gasteiger partial charge >= 0.3 is 0 Å². The molecular weight excluding hydrogens is 406 g/mol. The van der Waals surface area contributed by atoms with Gasteiger partial charge in [-0.2, -0.15) is 0 Å². The van der Waals surface area contributed by atoms with Gasteiger partial charge in [0.25, 0.3) is 11.8 Å². The molecule has 1 aliphatic heterocycles. The molecule has 2 amide bonds. The van der Waals surface area contributed by atoms with Gasteiger partial charge in [0.15, 0.2) is 5.78 Å². The number of ketones is 1. The van der Waals surface area contributed by atoms with Crippen LogP contribution < -0.4 is 10.6 Å². The normalized spacial score (nSPS) is 18.9. The summed E-state index contributed by atoms with van der Waals surface area (Å²) in [6.45, 7) is -0.00327. The quantitative estimate of drug-likeness (QED) is 0.698. The number of nitrogens with two attached hydrogens (primary N) is 1. The highest BCUT2D eigenvalue weighted by Gasteiger charge is 2.50. The van der Waals surface area contributed by atoms with Crippen LogP contribution in [0.4, 0.5) is 14.5 Å². The average Bonchev–Trinajstić information content (AvgIpc) is 2.95. The number of benzene rings is 2. The van der Waals surface area contributed by atoms with Crippen LogP contribution in [0.3, 0.4) is 0 Å². The molecular formula is C20H17ClF2N2O4. The van der Waals surface area contributed by atoms with Gasteiger partial charge in [0.2, 0.25) is 5.60 Å². The Bertz CT molecular complexity index is 994. The lowest BCUT2D eigenvalue weighted by Crippen LogP contribution is -2.47. The standard InChI is InChI=1S/C20H17ClF2N2O4/c21-12-7-11(8-13(22)9-12)1-4-17(26)20(29)5-6-25(19(20)28)14-2-3-16(23)15(10-14)18(24)27/h2-3,7-10,29H,1,4-6H2,(H2,24,27). The summed E-state index contributed by atoms with van der Waals surface area (Å²) in [5.41, 5.74) is 3.06. The molecule has 1 heterocycles. The van der Waals surface area contributed by atoms with Gasteiger partial charge in [-0.3, -0.25) is 14.4 Å². The lowest BCUT2D eigenvalue weighted by atomic mass is 9.92. The first kappa shape index (κ1) is 20.9. The summed E-state index contributed by atoms with van der Waals surface area (Å²) in [6, 6.07) is 7.17. The fourth-order valence-corrected chi connectivity index (χ4v) is 3.54. The smallest absolute Gasteiger partial charge is 0.266 e. The molecule has 2 aromatic rings. The summed E-state index contributed by atoms with van der Waals surface area (Å²) < 4.78 is 27.1. The zero-order chi connectivity index (χ0) is 21.3. The number of hydrogen-bond acceptors (Lipinski definition) is 4. The molecule has 0 bridgehead atoms. The minimum absolute atomic E-state index is 0.00327. The molecule has 0 saturated carbocycles. The SMILES string of the molecule is NC(=O)c1cc(N2CCC(O)(C(=O)CCc3cc(F)cc(Cl)c3)C2=O)ccc1F. The molecule has 0 radical (unpaired) electrons. The highest BCUT2D eigenvalue weighted by molar-refractivity contribution is 6.30. The Labute approximate surface area is 169 Å². The number of primary amides is 1. The molecule has 3 rings (SSSR count). The lowest BCUT2D eigenvalue weighted by Gasteiger charge is -2.21. The van der Waals surface area contributed by atoms with E-state index in [0.717, 1.165) is 23.1 Å². The van der Waals surface area contributed by atoms with Gasteiger partial charge in [0.1, 0.15) is 11.6 Å². The molecule has 6 nitrogen and oxygen atoms in total. The van der Waals surface area contributed by atoms with Crippen molar-refractivity contribution in [2.45, 2.75) is 24.9 Å². The molecule has 1 saturated heterocycles. The Balaban J connectivity index is 1.76. The molecule has 29 heavy (non-hydrogen) atoms. The van der Waals surface area contributed by atoms with Crippen molar-refractivity contribution in [2.24, 2.45) is 5.73 Å². The van der Waals surface area contributed by atoms with Gasteiger partial charge < -0.3 is 15.7 Å². The number of carbonyl (C=O) groups is 3. The predicted octanol–water partition coefficient (Wildman–Crippen LogP) is 2.39. The Kier molecular flexibility index (Phi) is 5.68. The second-order valence-electron chi connectivity index (χ2n) is 6.80. The fraction of sp³-hybridized carbons (Fsp3) is 0.250. The number of anilines is 1. The minimum Gasteiger partial charge on any atom is -0.373 e. The zero-order valence-corrected chi connectivity index (χ0v) is 15.9. The average molecular weight is 423 g/mol. The van der Waals surface area contributed by atoms with Crippen molar-refractivity contribution < 1.29 is 28.3 Å². The Morgan fingerprint density at radius 1 is 1.21 bits per heavy atom.